The molecule has 0 amide bonds. The van der Waals surface area contributed by atoms with E-state index in [2.05, 4.69) is 37.8 Å². The molecule has 0 radical (unpaired) electrons. The van der Waals surface area contributed by atoms with E-state index < -0.39 is 7.25 Å². The Morgan fingerprint density at radius 1 is 1.00 bits per heavy atom. The minimum absolute atomic E-state index is 0.308. The molecule has 22 heavy (non-hydrogen) atoms. The lowest BCUT2D eigenvalue weighted by Crippen LogP contribution is -2.02. The molecule has 0 aliphatic carbocycles. The number of hydrogen-bond acceptors (Lipinski definition) is 1. The number of hydrogen-bond donors (Lipinski definition) is 1. The van der Waals surface area contributed by atoms with Gasteiger partial charge in [0, 0.05) is 6.42 Å². The lowest BCUT2D eigenvalue weighted by atomic mass is 9.95. The lowest BCUT2D eigenvalue weighted by Gasteiger charge is -2.10. The zero-order chi connectivity index (χ0) is 16.8. The van der Waals surface area contributed by atoms with Crippen LogP contribution < -0.4 is 0 Å². The summed E-state index contributed by atoms with van der Waals surface area (Å²) in [6.07, 6.45) is 1.04. The van der Waals surface area contributed by atoms with E-state index in [0.717, 1.165) is 17.7 Å². The second kappa shape index (κ2) is 8.12. The smallest absolute Gasteiger partial charge is 0.508 e. The second-order valence-electron chi connectivity index (χ2n) is 4.63. The van der Waals surface area contributed by atoms with E-state index >= 15 is 0 Å². The highest BCUT2D eigenvalue weighted by Crippen LogP contribution is 2.27. The van der Waals surface area contributed by atoms with E-state index in [1.54, 1.807) is 12.1 Å². The Morgan fingerprint density at radius 2 is 1.55 bits per heavy atom. The summed E-state index contributed by atoms with van der Waals surface area (Å²) in [5.41, 5.74) is 5.07. The zero-order valence-corrected chi connectivity index (χ0v) is 13.0. The molecule has 1 nitrogen and oxygen atoms in total. The summed E-state index contributed by atoms with van der Waals surface area (Å²) >= 11 is 3.52. The van der Waals surface area contributed by atoms with Crippen molar-refractivity contribution in [2.24, 2.45) is 0 Å². The van der Waals surface area contributed by atoms with Crippen LogP contribution in [0.5, 0.6) is 5.75 Å². The summed E-state index contributed by atoms with van der Waals surface area (Å²) in [6.45, 7) is 2.15. The van der Waals surface area contributed by atoms with Gasteiger partial charge in [-0.3, -0.25) is 0 Å². The van der Waals surface area contributed by atoms with Gasteiger partial charge in [0.2, 0.25) is 0 Å². The summed E-state index contributed by atoms with van der Waals surface area (Å²) in [6, 6.07) is 13.7. The molecule has 0 bridgehead atoms. The average molecular weight is 332 g/mol. The van der Waals surface area contributed by atoms with Crippen LogP contribution in [0.15, 0.2) is 42.5 Å². The van der Waals surface area contributed by atoms with Crippen molar-refractivity contribution in [2.75, 3.05) is 5.75 Å². The molecule has 0 unspecified atom stereocenters. The summed E-state index contributed by atoms with van der Waals surface area (Å²) < 4.78 is 39.0. The average Bonchev–Trinajstić information content (AvgIpc) is 2.41. The fourth-order valence-electron chi connectivity index (χ4n) is 2.04. The van der Waals surface area contributed by atoms with Crippen molar-refractivity contribution in [3.63, 3.8) is 0 Å². The van der Waals surface area contributed by atoms with Gasteiger partial charge in [-0.2, -0.15) is 0 Å². The zero-order valence-electron chi connectivity index (χ0n) is 12.0. The maximum absolute atomic E-state index is 9.75. The Bertz CT molecular complexity index is 593. The van der Waals surface area contributed by atoms with Gasteiger partial charge >= 0.3 is 7.25 Å². The van der Waals surface area contributed by atoms with Crippen LogP contribution in [0.1, 0.15) is 11.1 Å². The van der Waals surface area contributed by atoms with E-state index in [0.29, 0.717) is 5.75 Å². The number of halogens is 4. The van der Waals surface area contributed by atoms with Crippen molar-refractivity contribution < 1.29 is 22.4 Å². The highest BCUT2D eigenvalue weighted by atomic mass is 32.1. The van der Waals surface area contributed by atoms with Crippen molar-refractivity contribution >= 4 is 19.9 Å². The first-order chi connectivity index (χ1) is 10.2. The lowest BCUT2D eigenvalue weighted by molar-refractivity contribution is 0.368. The number of phenolic OH excluding ortho intramolecular Hbond substituents is 1. The first-order valence-corrected chi connectivity index (χ1v) is 7.33. The highest BCUT2D eigenvalue weighted by Gasteiger charge is 2.20. The molecule has 2 aromatic rings. The Balaban J connectivity index is 0.000000422. The normalized spacial score (nSPS) is 10.8. The van der Waals surface area contributed by atoms with Crippen LogP contribution in [0.25, 0.3) is 11.1 Å². The van der Waals surface area contributed by atoms with Crippen molar-refractivity contribution in [2.45, 2.75) is 13.3 Å². The third kappa shape index (κ3) is 6.43. The summed E-state index contributed by atoms with van der Waals surface area (Å²) in [4.78, 5) is 0. The van der Waals surface area contributed by atoms with Crippen molar-refractivity contribution in [1.82, 2.24) is 0 Å². The van der Waals surface area contributed by atoms with Gasteiger partial charge in [0.1, 0.15) is 11.5 Å². The quantitative estimate of drug-likeness (QED) is 0.507. The first kappa shape index (κ1) is 18.4. The third-order valence-electron chi connectivity index (χ3n) is 3.02. The molecule has 0 saturated carbocycles. The van der Waals surface area contributed by atoms with Crippen LogP contribution in [-0.4, -0.2) is 18.1 Å². The largest absolute Gasteiger partial charge is 0.673 e. The molecule has 0 heterocycles. The predicted molar refractivity (Wildman–Crippen MR) is 87.2 cm³/mol. The van der Waals surface area contributed by atoms with Gasteiger partial charge in [-0.1, -0.05) is 30.3 Å². The fourth-order valence-corrected chi connectivity index (χ4v) is 2.31. The SMILES string of the molecule is Cc1c(CC[SH2+])cccc1-c1ccc(O)cc1.F[B-](F)(F)F. The molecular weight excluding hydrogens is 315 g/mol. The van der Waals surface area contributed by atoms with Gasteiger partial charge in [0.25, 0.3) is 0 Å². The van der Waals surface area contributed by atoms with E-state index in [1.165, 1.54) is 16.7 Å². The van der Waals surface area contributed by atoms with Gasteiger partial charge in [-0.25, -0.2) is 0 Å². The summed E-state index contributed by atoms with van der Waals surface area (Å²) in [5.74, 6) is 1.28. The van der Waals surface area contributed by atoms with Crippen molar-refractivity contribution in [3.8, 4) is 16.9 Å². The monoisotopic (exact) mass is 332 g/mol. The van der Waals surface area contributed by atoms with Gasteiger partial charge in [0.05, 0.1) is 0 Å². The maximum atomic E-state index is 9.75. The second-order valence-corrected chi connectivity index (χ2v) is 5.13. The third-order valence-corrected chi connectivity index (χ3v) is 3.27. The summed E-state index contributed by atoms with van der Waals surface area (Å²) in [7, 11) is -6.00. The number of aromatic hydroxyl groups is 1. The highest BCUT2D eigenvalue weighted by molar-refractivity contribution is 7.58. The fraction of sp³-hybridized carbons (Fsp3) is 0.200. The van der Waals surface area contributed by atoms with Crippen molar-refractivity contribution in [1.29, 1.82) is 0 Å². The minimum Gasteiger partial charge on any atom is -0.508 e. The molecule has 0 atom stereocenters. The Morgan fingerprint density at radius 3 is 2.05 bits per heavy atom. The first-order valence-electron chi connectivity index (χ1n) is 6.62. The van der Waals surface area contributed by atoms with E-state index in [1.807, 2.05) is 12.1 Å². The molecule has 120 valence electrons. The van der Waals surface area contributed by atoms with Gasteiger partial charge in [-0.05, 0) is 53.9 Å². The molecule has 2 rings (SSSR count). The topological polar surface area (TPSA) is 20.2 Å². The molecule has 1 N–H and O–H groups in total. The van der Waals surface area contributed by atoms with Crippen LogP contribution in [0, 0.1) is 6.92 Å². The van der Waals surface area contributed by atoms with Crippen LogP contribution >= 0.6 is 0 Å². The molecule has 0 aliphatic rings. The molecule has 0 spiro atoms. The Labute approximate surface area is 132 Å². The molecule has 7 heteroatoms. The molecule has 0 fully saturated rings. The van der Waals surface area contributed by atoms with Gasteiger partial charge < -0.3 is 22.4 Å². The van der Waals surface area contributed by atoms with E-state index in [-0.39, 0.29) is 0 Å². The van der Waals surface area contributed by atoms with E-state index in [9.17, 15) is 22.4 Å². The Kier molecular flexibility index (Phi) is 6.80. The predicted octanol–water partition coefficient (Wildman–Crippen LogP) is 4.22. The number of benzene rings is 2. The molecule has 0 saturated heterocycles. The molecule has 0 aliphatic heterocycles. The van der Waals surface area contributed by atoms with Crippen LogP contribution in [-0.2, 0) is 19.0 Å². The van der Waals surface area contributed by atoms with Crippen LogP contribution in [0.2, 0.25) is 0 Å². The number of aryl methyl sites for hydroxylation is 1. The molecular formula is C15H17BF4OS. The Hall–Kier alpha value is -1.63. The van der Waals surface area contributed by atoms with Crippen molar-refractivity contribution in [3.05, 3.63) is 53.6 Å². The van der Waals surface area contributed by atoms with Crippen LogP contribution in [0.3, 0.4) is 0 Å². The van der Waals surface area contributed by atoms with Crippen LogP contribution in [0.4, 0.5) is 17.3 Å². The maximum Gasteiger partial charge on any atom is 0.673 e. The minimum atomic E-state index is -6.00. The number of rotatable bonds is 3. The standard InChI is InChI=1S/C15H16OS.BF4/c1-11-12(9-10-17)3-2-4-15(11)13-5-7-14(16)8-6-13;2-1(3,4)5/h2-8,16-17H,9-10H2,1H3;/q;-1/p+1. The van der Waals surface area contributed by atoms with Gasteiger partial charge in [0.15, 0.2) is 0 Å². The molecule has 0 aromatic heterocycles. The number of phenols is 1. The van der Waals surface area contributed by atoms with E-state index in [4.69, 9.17) is 0 Å². The van der Waals surface area contributed by atoms with Gasteiger partial charge in [-0.15, -0.1) is 0 Å². The summed E-state index contributed by atoms with van der Waals surface area (Å²) in [5, 5.41) is 9.31. The molecule has 2 aromatic carbocycles.